The standard InChI is InChI=1S/C66H111NO10/c1-4-7-10-13-16-19-22-24-25-26-27-28-29-30-31-32-33-34-36-38-41-44-47-50-53-59(70)65(74)67-57(58(69)52-49-46-43-40-37-21-18-15-12-9-6-3)56-75-66-64(63(73)62(72)60(55-68)76-66)77-61(71)54-51-48-45-42-39-35-23-20-17-14-11-8-5-2/h7,10,16,19,24-25,27-28,30-31,33-35,39,45,48-49,52,57-60,62-64,66,68-70,72-73H,4-6,8-9,11-15,17-18,20-23,26,29,32,36-38,40-44,46-47,50-51,53-56H2,1-3H3,(H,67,74)/b10-7-,19-16-,25-24-,28-27-,31-30-,34-33-,39-35-,48-45+,52-49+. The van der Waals surface area contributed by atoms with Gasteiger partial charge in [-0.1, -0.05) is 239 Å². The number of hydrogen-bond acceptors (Lipinski definition) is 10. The van der Waals surface area contributed by atoms with Crippen molar-refractivity contribution in [2.24, 2.45) is 0 Å². The second-order valence-corrected chi connectivity index (χ2v) is 20.7. The normalized spacial score (nSPS) is 19.8. The van der Waals surface area contributed by atoms with Crippen molar-refractivity contribution in [2.45, 2.75) is 282 Å². The Bertz CT molecular complexity index is 1660. The highest BCUT2D eigenvalue weighted by Crippen LogP contribution is 2.26. The molecule has 1 heterocycles. The number of unbranched alkanes of at least 4 members (excludes halogenated alkanes) is 20. The van der Waals surface area contributed by atoms with Crippen LogP contribution in [0.2, 0.25) is 0 Å². The number of hydrogen-bond donors (Lipinski definition) is 6. The number of ether oxygens (including phenoxy) is 3. The van der Waals surface area contributed by atoms with Crippen molar-refractivity contribution in [1.82, 2.24) is 5.32 Å². The molecule has 0 bridgehead atoms. The van der Waals surface area contributed by atoms with Gasteiger partial charge in [-0.05, 0) is 96.3 Å². The summed E-state index contributed by atoms with van der Waals surface area (Å²) in [5, 5.41) is 56.8. The first-order chi connectivity index (χ1) is 37.7. The number of rotatable bonds is 50. The Labute approximate surface area is 468 Å². The summed E-state index contributed by atoms with van der Waals surface area (Å²) in [6.45, 7) is 5.60. The van der Waals surface area contributed by atoms with Crippen molar-refractivity contribution in [3.63, 3.8) is 0 Å². The molecule has 0 radical (unpaired) electrons. The fraction of sp³-hybridized carbons (Fsp3) is 0.697. The van der Waals surface area contributed by atoms with Crippen LogP contribution in [0, 0.1) is 0 Å². The van der Waals surface area contributed by atoms with E-state index in [1.54, 1.807) is 6.08 Å². The molecular formula is C66H111NO10. The van der Waals surface area contributed by atoms with Crippen molar-refractivity contribution < 1.29 is 49.3 Å². The number of carbonyl (C=O) groups is 2. The van der Waals surface area contributed by atoms with Crippen LogP contribution in [0.4, 0.5) is 0 Å². The van der Waals surface area contributed by atoms with E-state index in [0.29, 0.717) is 12.8 Å². The van der Waals surface area contributed by atoms with E-state index in [9.17, 15) is 35.1 Å². The molecule has 0 spiro atoms. The zero-order chi connectivity index (χ0) is 56.1. The lowest BCUT2D eigenvalue weighted by molar-refractivity contribution is -0.305. The maximum atomic E-state index is 13.4. The van der Waals surface area contributed by atoms with Crippen molar-refractivity contribution >= 4 is 11.9 Å². The summed E-state index contributed by atoms with van der Waals surface area (Å²) in [4.78, 5) is 26.5. The Kier molecular flexibility index (Phi) is 49.1. The minimum absolute atomic E-state index is 0.0107. The summed E-state index contributed by atoms with van der Waals surface area (Å²) >= 11 is 0. The van der Waals surface area contributed by atoms with Gasteiger partial charge in [-0.15, -0.1) is 0 Å². The van der Waals surface area contributed by atoms with E-state index in [-0.39, 0.29) is 19.4 Å². The molecule has 0 aromatic carbocycles. The molecule has 1 fully saturated rings. The van der Waals surface area contributed by atoms with Gasteiger partial charge in [0.05, 0.1) is 25.4 Å². The summed E-state index contributed by atoms with van der Waals surface area (Å²) in [6.07, 6.45) is 61.5. The topological polar surface area (TPSA) is 175 Å². The van der Waals surface area contributed by atoms with Gasteiger partial charge in [0.25, 0.3) is 0 Å². The number of aliphatic hydroxyl groups is 5. The molecule has 8 unspecified atom stereocenters. The maximum Gasteiger partial charge on any atom is 0.306 e. The summed E-state index contributed by atoms with van der Waals surface area (Å²) < 4.78 is 17.5. The molecule has 1 rings (SSSR count). The molecule has 11 nitrogen and oxygen atoms in total. The Morgan fingerprint density at radius 2 is 0.935 bits per heavy atom. The van der Waals surface area contributed by atoms with Gasteiger partial charge in [0, 0.05) is 6.42 Å². The Morgan fingerprint density at radius 1 is 0.519 bits per heavy atom. The van der Waals surface area contributed by atoms with Gasteiger partial charge in [-0.3, -0.25) is 9.59 Å². The number of allylic oxidation sites excluding steroid dienone is 17. The molecule has 0 aliphatic carbocycles. The van der Waals surface area contributed by atoms with Gasteiger partial charge >= 0.3 is 5.97 Å². The lowest BCUT2D eigenvalue weighted by atomic mass is 9.99. The van der Waals surface area contributed by atoms with Crippen LogP contribution in [-0.2, 0) is 23.8 Å². The summed E-state index contributed by atoms with van der Waals surface area (Å²) in [5.74, 6) is -1.29. The van der Waals surface area contributed by atoms with E-state index in [1.165, 1.54) is 77.0 Å². The second kappa shape index (κ2) is 53.0. The molecule has 1 aliphatic heterocycles. The molecular weight excluding hydrogens is 967 g/mol. The van der Waals surface area contributed by atoms with Gasteiger partial charge in [-0.25, -0.2) is 0 Å². The van der Waals surface area contributed by atoms with Gasteiger partial charge < -0.3 is 45.1 Å². The molecule has 11 heteroatoms. The van der Waals surface area contributed by atoms with Crippen molar-refractivity contribution in [3.8, 4) is 0 Å². The van der Waals surface area contributed by atoms with E-state index in [4.69, 9.17) is 14.2 Å². The Balaban J connectivity index is 2.69. The first kappa shape index (κ1) is 71.3. The third-order valence-electron chi connectivity index (χ3n) is 13.7. The van der Waals surface area contributed by atoms with E-state index in [0.717, 1.165) is 109 Å². The highest BCUT2D eigenvalue weighted by Gasteiger charge is 2.47. The van der Waals surface area contributed by atoms with Crippen molar-refractivity contribution in [3.05, 3.63) is 109 Å². The number of nitrogens with one attached hydrogen (secondary N) is 1. The first-order valence-electron chi connectivity index (χ1n) is 30.7. The summed E-state index contributed by atoms with van der Waals surface area (Å²) in [6, 6.07) is -1.05. The van der Waals surface area contributed by atoms with Crippen LogP contribution in [0.5, 0.6) is 0 Å². The zero-order valence-corrected chi connectivity index (χ0v) is 48.5. The predicted molar refractivity (Wildman–Crippen MR) is 319 cm³/mol. The largest absolute Gasteiger partial charge is 0.454 e. The van der Waals surface area contributed by atoms with Gasteiger partial charge in [-0.2, -0.15) is 0 Å². The smallest absolute Gasteiger partial charge is 0.306 e. The minimum Gasteiger partial charge on any atom is -0.454 e. The van der Waals surface area contributed by atoms with Crippen molar-refractivity contribution in [1.29, 1.82) is 0 Å². The number of carbonyl (C=O) groups excluding carboxylic acids is 2. The third kappa shape index (κ3) is 41.1. The SMILES string of the molecule is CC/C=C\C/C=C\C/C=C\C/C=C\C/C=C\C/C=C\CCCCCCCC(O)C(=O)NC(COC1OC(CO)C(O)C(O)C1OC(=O)CC/C=C/C/C=C\CCCCCCCC)C(O)/C=C/CCCCCCCCCCC. The van der Waals surface area contributed by atoms with Crippen LogP contribution in [0.25, 0.3) is 0 Å². The van der Waals surface area contributed by atoms with Crippen LogP contribution >= 0.6 is 0 Å². The number of aliphatic hydroxyl groups excluding tert-OH is 5. The van der Waals surface area contributed by atoms with Gasteiger partial charge in [0.15, 0.2) is 12.4 Å². The lowest BCUT2D eigenvalue weighted by Gasteiger charge is -2.41. The molecule has 1 aliphatic rings. The third-order valence-corrected chi connectivity index (χ3v) is 13.7. The molecule has 1 amide bonds. The van der Waals surface area contributed by atoms with Gasteiger partial charge in [0.2, 0.25) is 5.91 Å². The van der Waals surface area contributed by atoms with E-state index in [2.05, 4.69) is 111 Å². The summed E-state index contributed by atoms with van der Waals surface area (Å²) in [7, 11) is 0. The van der Waals surface area contributed by atoms with E-state index < -0.39 is 67.4 Å². The Hall–Kier alpha value is -3.68. The first-order valence-corrected chi connectivity index (χ1v) is 30.7. The molecule has 0 saturated carbocycles. The zero-order valence-electron chi connectivity index (χ0n) is 48.5. The lowest BCUT2D eigenvalue weighted by Crippen LogP contribution is -2.61. The highest BCUT2D eigenvalue weighted by molar-refractivity contribution is 5.80. The summed E-state index contributed by atoms with van der Waals surface area (Å²) in [5.41, 5.74) is 0. The van der Waals surface area contributed by atoms with Crippen LogP contribution in [0.1, 0.15) is 233 Å². The fourth-order valence-corrected chi connectivity index (χ4v) is 8.82. The van der Waals surface area contributed by atoms with E-state index in [1.807, 2.05) is 18.2 Å². The monoisotopic (exact) mass is 1080 g/mol. The highest BCUT2D eigenvalue weighted by atomic mass is 16.7. The van der Waals surface area contributed by atoms with E-state index >= 15 is 0 Å². The molecule has 1 saturated heterocycles. The fourth-order valence-electron chi connectivity index (χ4n) is 8.82. The Morgan fingerprint density at radius 3 is 1.40 bits per heavy atom. The van der Waals surface area contributed by atoms with Crippen LogP contribution in [0.3, 0.4) is 0 Å². The quantitative estimate of drug-likeness (QED) is 0.0195. The maximum absolute atomic E-state index is 13.4. The van der Waals surface area contributed by atoms with Crippen LogP contribution in [-0.4, -0.2) is 99.6 Å². The minimum atomic E-state index is -1.64. The molecule has 8 atom stereocenters. The molecule has 440 valence electrons. The van der Waals surface area contributed by atoms with Crippen LogP contribution < -0.4 is 5.32 Å². The predicted octanol–water partition coefficient (Wildman–Crippen LogP) is 14.5. The van der Waals surface area contributed by atoms with Crippen molar-refractivity contribution in [2.75, 3.05) is 13.2 Å². The average molecular weight is 1080 g/mol. The molecule has 0 aromatic rings. The molecule has 0 aromatic heterocycles. The molecule has 6 N–H and O–H groups in total. The average Bonchev–Trinajstić information content (AvgIpc) is 3.44. The van der Waals surface area contributed by atoms with Crippen LogP contribution in [0.15, 0.2) is 109 Å². The number of esters is 1. The second-order valence-electron chi connectivity index (χ2n) is 20.7. The van der Waals surface area contributed by atoms with Gasteiger partial charge in [0.1, 0.15) is 24.4 Å². The molecule has 77 heavy (non-hydrogen) atoms. The number of amides is 1.